The largest absolute Gasteiger partial charge is 0.497 e. The van der Waals surface area contributed by atoms with Crippen LogP contribution in [0.15, 0.2) is 46.9 Å². The molecule has 0 fully saturated rings. The van der Waals surface area contributed by atoms with Crippen molar-refractivity contribution in [1.29, 1.82) is 0 Å². The molecule has 0 saturated heterocycles. The Morgan fingerprint density at radius 3 is 2.62 bits per heavy atom. The zero-order valence-electron chi connectivity index (χ0n) is 11.4. The molecule has 5 nitrogen and oxygen atoms in total. The quantitative estimate of drug-likeness (QED) is 0.812. The molecular weight excluding hydrogens is 336 g/mol. The van der Waals surface area contributed by atoms with Crippen LogP contribution in [0, 0.1) is 0 Å². The van der Waals surface area contributed by atoms with Crippen molar-refractivity contribution in [3.8, 4) is 11.5 Å². The number of hydrogen-bond acceptors (Lipinski definition) is 4. The number of halogens is 1. The number of nitrogen functional groups attached to an aromatic ring is 1. The first-order valence-corrected chi connectivity index (χ1v) is 7.00. The van der Waals surface area contributed by atoms with E-state index in [0.717, 1.165) is 5.75 Å². The van der Waals surface area contributed by atoms with Crippen molar-refractivity contribution >= 4 is 33.2 Å². The molecule has 2 aromatic carbocycles. The van der Waals surface area contributed by atoms with E-state index < -0.39 is 0 Å². The van der Waals surface area contributed by atoms with Gasteiger partial charge >= 0.3 is 0 Å². The van der Waals surface area contributed by atoms with Crippen LogP contribution in [0.4, 0.5) is 11.4 Å². The van der Waals surface area contributed by atoms with Gasteiger partial charge in [-0.05, 0) is 52.3 Å². The first kappa shape index (κ1) is 15.2. The molecule has 0 radical (unpaired) electrons. The van der Waals surface area contributed by atoms with Gasteiger partial charge in [0.1, 0.15) is 11.5 Å². The van der Waals surface area contributed by atoms with Gasteiger partial charge in [0.25, 0.3) is 5.91 Å². The van der Waals surface area contributed by atoms with Gasteiger partial charge in [-0.1, -0.05) is 6.07 Å². The lowest BCUT2D eigenvalue weighted by Crippen LogP contribution is -2.20. The van der Waals surface area contributed by atoms with Gasteiger partial charge in [-0.25, -0.2) is 0 Å². The molecule has 0 bridgehead atoms. The van der Waals surface area contributed by atoms with Crippen LogP contribution in [0.5, 0.6) is 11.5 Å². The second-order valence-electron chi connectivity index (χ2n) is 4.22. The number of benzene rings is 2. The van der Waals surface area contributed by atoms with E-state index in [1.165, 1.54) is 0 Å². The summed E-state index contributed by atoms with van der Waals surface area (Å²) in [6, 6.07) is 12.3. The summed E-state index contributed by atoms with van der Waals surface area (Å²) in [5, 5.41) is 2.73. The minimum absolute atomic E-state index is 0.103. The summed E-state index contributed by atoms with van der Waals surface area (Å²) in [4.78, 5) is 11.8. The van der Waals surface area contributed by atoms with Gasteiger partial charge in [0, 0.05) is 11.4 Å². The Kier molecular flexibility index (Phi) is 5.05. The molecule has 0 heterocycles. The predicted octanol–water partition coefficient (Wildman–Crippen LogP) is 3.06. The topological polar surface area (TPSA) is 73.6 Å². The highest BCUT2D eigenvalue weighted by Crippen LogP contribution is 2.30. The highest BCUT2D eigenvalue weighted by molar-refractivity contribution is 9.10. The van der Waals surface area contributed by atoms with Crippen molar-refractivity contribution in [2.75, 3.05) is 24.8 Å². The van der Waals surface area contributed by atoms with Crippen LogP contribution in [-0.2, 0) is 4.79 Å². The Balaban J connectivity index is 1.91. The molecule has 110 valence electrons. The summed E-state index contributed by atoms with van der Waals surface area (Å²) in [6.07, 6.45) is 0. The molecule has 1 amide bonds. The van der Waals surface area contributed by atoms with Gasteiger partial charge in [-0.15, -0.1) is 0 Å². The van der Waals surface area contributed by atoms with Crippen LogP contribution in [0.3, 0.4) is 0 Å². The number of rotatable bonds is 5. The summed E-state index contributed by atoms with van der Waals surface area (Å²) < 4.78 is 11.1. The molecule has 6 heteroatoms. The molecule has 3 N–H and O–H groups in total. The average Bonchev–Trinajstić information content (AvgIpc) is 2.49. The molecule has 0 aliphatic carbocycles. The second kappa shape index (κ2) is 6.99. The number of amides is 1. The Morgan fingerprint density at radius 2 is 1.95 bits per heavy atom. The van der Waals surface area contributed by atoms with Crippen molar-refractivity contribution in [3.63, 3.8) is 0 Å². The molecule has 0 spiro atoms. The average molecular weight is 351 g/mol. The zero-order valence-corrected chi connectivity index (χ0v) is 13.0. The van der Waals surface area contributed by atoms with E-state index in [1.54, 1.807) is 49.6 Å². The molecule has 0 aromatic heterocycles. The molecular formula is C15H15BrN2O3. The first-order valence-electron chi connectivity index (χ1n) is 6.21. The highest BCUT2D eigenvalue weighted by atomic mass is 79.9. The molecule has 0 aliphatic rings. The van der Waals surface area contributed by atoms with Crippen LogP contribution in [-0.4, -0.2) is 19.6 Å². The van der Waals surface area contributed by atoms with Crippen LogP contribution in [0.25, 0.3) is 0 Å². The normalized spacial score (nSPS) is 10.0. The summed E-state index contributed by atoms with van der Waals surface area (Å²) in [5.41, 5.74) is 6.97. The van der Waals surface area contributed by atoms with E-state index in [2.05, 4.69) is 21.2 Å². The van der Waals surface area contributed by atoms with E-state index in [-0.39, 0.29) is 12.5 Å². The van der Waals surface area contributed by atoms with Crippen molar-refractivity contribution in [3.05, 3.63) is 46.9 Å². The Morgan fingerprint density at radius 1 is 1.24 bits per heavy atom. The van der Waals surface area contributed by atoms with Gasteiger partial charge in [0.15, 0.2) is 6.61 Å². The maximum atomic E-state index is 11.8. The fraction of sp³-hybridized carbons (Fsp3) is 0.133. The van der Waals surface area contributed by atoms with E-state index in [4.69, 9.17) is 15.2 Å². The smallest absolute Gasteiger partial charge is 0.262 e. The van der Waals surface area contributed by atoms with Gasteiger partial charge in [0.05, 0.1) is 11.6 Å². The summed E-state index contributed by atoms with van der Waals surface area (Å²) in [7, 11) is 1.59. The summed E-state index contributed by atoms with van der Waals surface area (Å²) in [5.74, 6) is 1.00. The van der Waals surface area contributed by atoms with Gasteiger partial charge in [0.2, 0.25) is 0 Å². The lowest BCUT2D eigenvalue weighted by Gasteiger charge is -2.10. The third kappa shape index (κ3) is 4.13. The third-order valence-corrected chi connectivity index (χ3v) is 3.57. The molecule has 21 heavy (non-hydrogen) atoms. The van der Waals surface area contributed by atoms with Crippen molar-refractivity contribution in [2.24, 2.45) is 0 Å². The summed E-state index contributed by atoms with van der Waals surface area (Å²) in [6.45, 7) is -0.103. The molecule has 2 aromatic rings. The first-order chi connectivity index (χ1) is 10.1. The number of methoxy groups -OCH3 is 1. The standard InChI is InChI=1S/C15H15BrN2O3/c1-20-11-7-5-10(6-8-11)18-14(19)9-21-13-4-2-3-12(17)15(13)16/h2-8H,9,17H2,1H3,(H,18,19). The molecule has 0 saturated carbocycles. The number of nitrogens with one attached hydrogen (secondary N) is 1. The van der Waals surface area contributed by atoms with Crippen molar-refractivity contribution < 1.29 is 14.3 Å². The number of ether oxygens (including phenoxy) is 2. The van der Waals surface area contributed by atoms with Crippen molar-refractivity contribution in [2.45, 2.75) is 0 Å². The number of hydrogen-bond donors (Lipinski definition) is 2. The maximum absolute atomic E-state index is 11.8. The SMILES string of the molecule is COc1ccc(NC(=O)COc2cccc(N)c2Br)cc1. The molecule has 0 atom stereocenters. The van der Waals surface area contributed by atoms with E-state index in [0.29, 0.717) is 21.6 Å². The number of nitrogens with two attached hydrogens (primary N) is 1. The summed E-state index contributed by atoms with van der Waals surface area (Å²) >= 11 is 3.32. The van der Waals surface area contributed by atoms with Crippen LogP contribution in [0.1, 0.15) is 0 Å². The second-order valence-corrected chi connectivity index (χ2v) is 5.02. The van der Waals surface area contributed by atoms with Gasteiger partial charge in [-0.2, -0.15) is 0 Å². The Labute approximate surface area is 131 Å². The van der Waals surface area contributed by atoms with Crippen LogP contribution >= 0.6 is 15.9 Å². The fourth-order valence-electron chi connectivity index (χ4n) is 1.65. The van der Waals surface area contributed by atoms with E-state index >= 15 is 0 Å². The lowest BCUT2D eigenvalue weighted by atomic mass is 10.3. The molecule has 0 aliphatic heterocycles. The van der Waals surface area contributed by atoms with Crippen LogP contribution < -0.4 is 20.5 Å². The minimum Gasteiger partial charge on any atom is -0.497 e. The monoisotopic (exact) mass is 350 g/mol. The highest BCUT2D eigenvalue weighted by Gasteiger charge is 2.08. The third-order valence-electron chi connectivity index (χ3n) is 2.73. The number of anilines is 2. The predicted molar refractivity (Wildman–Crippen MR) is 85.7 cm³/mol. The van der Waals surface area contributed by atoms with Gasteiger partial charge in [-0.3, -0.25) is 4.79 Å². The zero-order chi connectivity index (χ0) is 15.2. The molecule has 0 unspecified atom stereocenters. The Bertz CT molecular complexity index is 629. The van der Waals surface area contributed by atoms with E-state index in [9.17, 15) is 4.79 Å². The molecule has 2 rings (SSSR count). The van der Waals surface area contributed by atoms with E-state index in [1.807, 2.05) is 0 Å². The number of carbonyl (C=O) groups is 1. The van der Waals surface area contributed by atoms with Gasteiger partial charge < -0.3 is 20.5 Å². The maximum Gasteiger partial charge on any atom is 0.262 e. The van der Waals surface area contributed by atoms with Crippen molar-refractivity contribution in [1.82, 2.24) is 0 Å². The Hall–Kier alpha value is -2.21. The number of carbonyl (C=O) groups excluding carboxylic acids is 1. The van der Waals surface area contributed by atoms with Crippen LogP contribution in [0.2, 0.25) is 0 Å². The minimum atomic E-state index is -0.255. The lowest BCUT2D eigenvalue weighted by molar-refractivity contribution is -0.118. The fourth-order valence-corrected chi connectivity index (χ4v) is 2.03.